The van der Waals surface area contributed by atoms with Gasteiger partial charge in [0.25, 0.3) is 0 Å². The fraction of sp³-hybridized carbons (Fsp3) is 0.800. The highest BCUT2D eigenvalue weighted by molar-refractivity contribution is 5.85. The molecule has 1 saturated heterocycles. The van der Waals surface area contributed by atoms with E-state index in [-0.39, 0.29) is 17.7 Å². The van der Waals surface area contributed by atoms with Crippen LogP contribution < -0.4 is 11.1 Å². The fourth-order valence-electron chi connectivity index (χ4n) is 2.60. The molecule has 0 radical (unpaired) electrons. The Labute approximate surface area is 131 Å². The number of carboxylic acid groups (broad SMARTS) is 1. The SMILES string of the molecule is CC(C)C[C@H](N)C(=O)N1CCC(C(=O)N[C@H](C)C(=O)O)CC1. The van der Waals surface area contributed by atoms with Gasteiger partial charge in [-0.2, -0.15) is 0 Å². The summed E-state index contributed by atoms with van der Waals surface area (Å²) < 4.78 is 0. The van der Waals surface area contributed by atoms with Gasteiger partial charge in [-0.1, -0.05) is 13.8 Å². The second-order valence-electron chi connectivity index (χ2n) is 6.40. The smallest absolute Gasteiger partial charge is 0.325 e. The van der Waals surface area contributed by atoms with Crippen molar-refractivity contribution in [3.8, 4) is 0 Å². The Bertz CT molecular complexity index is 417. The van der Waals surface area contributed by atoms with E-state index in [0.29, 0.717) is 38.3 Å². The minimum absolute atomic E-state index is 0.0635. The second-order valence-corrected chi connectivity index (χ2v) is 6.40. The van der Waals surface area contributed by atoms with Gasteiger partial charge in [-0.05, 0) is 32.1 Å². The summed E-state index contributed by atoms with van der Waals surface area (Å²) in [4.78, 5) is 36.6. The highest BCUT2D eigenvalue weighted by atomic mass is 16.4. The Balaban J connectivity index is 2.44. The van der Waals surface area contributed by atoms with E-state index in [1.807, 2.05) is 13.8 Å². The molecule has 0 aromatic heterocycles. The van der Waals surface area contributed by atoms with Crippen molar-refractivity contribution in [3.05, 3.63) is 0 Å². The van der Waals surface area contributed by atoms with Crippen LogP contribution in [0.1, 0.15) is 40.0 Å². The minimum atomic E-state index is -1.05. The third-order valence-electron chi connectivity index (χ3n) is 3.95. The predicted octanol–water partition coefficient (Wildman–Crippen LogP) is 0.188. The number of nitrogens with two attached hydrogens (primary N) is 1. The van der Waals surface area contributed by atoms with Crippen LogP contribution in [0.5, 0.6) is 0 Å². The molecule has 4 N–H and O–H groups in total. The molecule has 0 saturated carbocycles. The molecule has 1 aliphatic heterocycles. The van der Waals surface area contributed by atoms with Crippen molar-refractivity contribution < 1.29 is 19.5 Å². The quantitative estimate of drug-likeness (QED) is 0.648. The van der Waals surface area contributed by atoms with Gasteiger partial charge < -0.3 is 21.1 Å². The zero-order valence-corrected chi connectivity index (χ0v) is 13.5. The molecule has 1 rings (SSSR count). The first kappa shape index (κ1) is 18.4. The number of aliphatic carboxylic acids is 1. The molecule has 2 atom stereocenters. The summed E-state index contributed by atoms with van der Waals surface area (Å²) in [5, 5.41) is 11.3. The molecule has 0 aromatic carbocycles. The van der Waals surface area contributed by atoms with Crippen LogP contribution in [0.3, 0.4) is 0 Å². The molecular weight excluding hydrogens is 286 g/mol. The highest BCUT2D eigenvalue weighted by Gasteiger charge is 2.30. The first-order valence-corrected chi connectivity index (χ1v) is 7.80. The molecule has 0 aromatic rings. The number of rotatable bonds is 6. The van der Waals surface area contributed by atoms with E-state index >= 15 is 0 Å². The lowest BCUT2D eigenvalue weighted by Crippen LogP contribution is -2.50. The standard InChI is InChI=1S/C15H27N3O4/c1-9(2)8-12(16)14(20)18-6-4-11(5-7-18)13(19)17-10(3)15(21)22/h9-12H,4-8,16H2,1-3H3,(H,17,19)(H,21,22)/t10-,12+/m1/s1. The topological polar surface area (TPSA) is 113 Å². The summed E-state index contributed by atoms with van der Waals surface area (Å²) in [5.41, 5.74) is 5.91. The number of carbonyl (C=O) groups is 3. The number of nitrogens with one attached hydrogen (secondary N) is 1. The summed E-state index contributed by atoms with van der Waals surface area (Å²) in [5.74, 6) is -1.26. The molecule has 7 nitrogen and oxygen atoms in total. The Hall–Kier alpha value is -1.63. The molecule has 0 bridgehead atoms. The van der Waals surface area contributed by atoms with E-state index in [0.717, 1.165) is 0 Å². The zero-order valence-electron chi connectivity index (χ0n) is 13.5. The normalized spacial score (nSPS) is 18.9. The number of nitrogens with zero attached hydrogens (tertiary/aromatic N) is 1. The van der Waals surface area contributed by atoms with E-state index in [4.69, 9.17) is 10.8 Å². The summed E-state index contributed by atoms with van der Waals surface area (Å²) >= 11 is 0. The number of hydrogen-bond acceptors (Lipinski definition) is 4. The molecule has 2 amide bonds. The molecule has 0 spiro atoms. The Morgan fingerprint density at radius 3 is 2.23 bits per heavy atom. The Morgan fingerprint density at radius 1 is 1.23 bits per heavy atom. The van der Waals surface area contributed by atoms with Crippen LogP contribution in [0.25, 0.3) is 0 Å². The Kier molecular flexibility index (Phi) is 6.80. The minimum Gasteiger partial charge on any atom is -0.480 e. The van der Waals surface area contributed by atoms with Crippen LogP contribution in [-0.4, -0.2) is 53.0 Å². The van der Waals surface area contributed by atoms with Gasteiger partial charge in [0, 0.05) is 19.0 Å². The molecule has 126 valence electrons. The second kappa shape index (κ2) is 8.12. The van der Waals surface area contributed by atoms with E-state index in [1.54, 1.807) is 4.90 Å². The summed E-state index contributed by atoms with van der Waals surface area (Å²) in [6.45, 7) is 6.46. The molecule has 1 fully saturated rings. The third kappa shape index (κ3) is 5.29. The van der Waals surface area contributed by atoms with Gasteiger partial charge >= 0.3 is 5.97 Å². The molecule has 1 heterocycles. The maximum absolute atomic E-state index is 12.2. The maximum Gasteiger partial charge on any atom is 0.325 e. The number of likely N-dealkylation sites (tertiary alicyclic amines) is 1. The highest BCUT2D eigenvalue weighted by Crippen LogP contribution is 2.19. The van der Waals surface area contributed by atoms with Crippen molar-refractivity contribution in [1.82, 2.24) is 10.2 Å². The molecule has 1 aliphatic rings. The number of carboxylic acids is 1. The lowest BCUT2D eigenvalue weighted by atomic mass is 9.94. The van der Waals surface area contributed by atoms with Gasteiger partial charge in [0.2, 0.25) is 11.8 Å². The average Bonchev–Trinajstić information content (AvgIpc) is 2.45. The van der Waals surface area contributed by atoms with Gasteiger partial charge in [-0.15, -0.1) is 0 Å². The van der Waals surface area contributed by atoms with Gasteiger partial charge in [0.05, 0.1) is 6.04 Å². The summed E-state index contributed by atoms with van der Waals surface area (Å²) in [6, 6.07) is -1.39. The van der Waals surface area contributed by atoms with Crippen molar-refractivity contribution >= 4 is 17.8 Å². The number of carbonyl (C=O) groups excluding carboxylic acids is 2. The van der Waals surface area contributed by atoms with Gasteiger partial charge in [0.1, 0.15) is 6.04 Å². The van der Waals surface area contributed by atoms with Crippen LogP contribution in [-0.2, 0) is 14.4 Å². The van der Waals surface area contributed by atoms with E-state index in [9.17, 15) is 14.4 Å². The summed E-state index contributed by atoms with van der Waals surface area (Å²) in [7, 11) is 0. The lowest BCUT2D eigenvalue weighted by molar-refractivity contribution is -0.142. The van der Waals surface area contributed by atoms with Crippen LogP contribution in [0, 0.1) is 11.8 Å². The van der Waals surface area contributed by atoms with Gasteiger partial charge in [0.15, 0.2) is 0 Å². The first-order valence-electron chi connectivity index (χ1n) is 7.80. The third-order valence-corrected chi connectivity index (χ3v) is 3.95. The van der Waals surface area contributed by atoms with E-state index in [2.05, 4.69) is 5.32 Å². The molecule has 7 heteroatoms. The molecular formula is C15H27N3O4. The zero-order chi connectivity index (χ0) is 16.9. The monoisotopic (exact) mass is 313 g/mol. The first-order chi connectivity index (χ1) is 10.2. The van der Waals surface area contributed by atoms with Gasteiger partial charge in [-0.3, -0.25) is 14.4 Å². The number of amides is 2. The van der Waals surface area contributed by atoms with Crippen LogP contribution in [0.4, 0.5) is 0 Å². The van der Waals surface area contributed by atoms with Crippen LogP contribution in [0.15, 0.2) is 0 Å². The van der Waals surface area contributed by atoms with E-state index in [1.165, 1.54) is 6.92 Å². The van der Waals surface area contributed by atoms with Crippen molar-refractivity contribution in [2.24, 2.45) is 17.6 Å². The fourth-order valence-corrected chi connectivity index (χ4v) is 2.60. The van der Waals surface area contributed by atoms with Crippen molar-refractivity contribution in [2.75, 3.05) is 13.1 Å². The summed E-state index contributed by atoms with van der Waals surface area (Å²) in [6.07, 6.45) is 1.73. The number of piperidine rings is 1. The van der Waals surface area contributed by atoms with Crippen molar-refractivity contribution in [1.29, 1.82) is 0 Å². The Morgan fingerprint density at radius 2 is 1.77 bits per heavy atom. The maximum atomic E-state index is 12.2. The van der Waals surface area contributed by atoms with Crippen LogP contribution >= 0.6 is 0 Å². The predicted molar refractivity (Wildman–Crippen MR) is 82.0 cm³/mol. The molecule has 0 aliphatic carbocycles. The van der Waals surface area contributed by atoms with Crippen LogP contribution in [0.2, 0.25) is 0 Å². The van der Waals surface area contributed by atoms with Crippen molar-refractivity contribution in [2.45, 2.75) is 52.1 Å². The number of hydrogen-bond donors (Lipinski definition) is 3. The average molecular weight is 313 g/mol. The van der Waals surface area contributed by atoms with E-state index < -0.39 is 18.1 Å². The largest absolute Gasteiger partial charge is 0.480 e. The molecule has 22 heavy (non-hydrogen) atoms. The molecule has 0 unspecified atom stereocenters. The van der Waals surface area contributed by atoms with Gasteiger partial charge in [-0.25, -0.2) is 0 Å². The lowest BCUT2D eigenvalue weighted by Gasteiger charge is -2.33. The van der Waals surface area contributed by atoms with Crippen molar-refractivity contribution in [3.63, 3.8) is 0 Å².